The van der Waals surface area contributed by atoms with Crippen molar-refractivity contribution in [2.24, 2.45) is 5.92 Å². The van der Waals surface area contributed by atoms with Gasteiger partial charge in [0, 0.05) is 23.2 Å². The Kier molecular flexibility index (Phi) is 9.06. The Morgan fingerprint density at radius 2 is 0.838 bits per heavy atom. The first-order valence-electron chi connectivity index (χ1n) is 13.8. The molecule has 37 heavy (non-hydrogen) atoms. The van der Waals surface area contributed by atoms with Crippen LogP contribution in [0.4, 0.5) is 11.4 Å². The number of nitrogen functional groups attached to an aromatic ring is 2. The maximum atomic E-state index is 5.87. The molecule has 0 heterocycles. The summed E-state index contributed by atoms with van der Waals surface area (Å²) in [6, 6.07) is 35.1. The van der Waals surface area contributed by atoms with Crippen LogP contribution in [0.1, 0.15) is 85.3 Å². The van der Waals surface area contributed by atoms with Crippen LogP contribution in [0, 0.1) is 5.92 Å². The van der Waals surface area contributed by atoms with Gasteiger partial charge < -0.3 is 11.5 Å². The van der Waals surface area contributed by atoms with E-state index in [-0.39, 0.29) is 0 Å². The number of hydrogen-bond acceptors (Lipinski definition) is 2. The summed E-state index contributed by atoms with van der Waals surface area (Å²) in [6.45, 7) is 6.82. The van der Waals surface area contributed by atoms with E-state index in [0.717, 1.165) is 24.2 Å². The fraction of sp³-hybridized carbons (Fsp3) is 0.314. The second kappa shape index (κ2) is 12.6. The van der Waals surface area contributed by atoms with E-state index in [1.54, 1.807) is 0 Å². The Hall–Kier alpha value is -3.52. The van der Waals surface area contributed by atoms with E-state index < -0.39 is 0 Å². The van der Waals surface area contributed by atoms with E-state index in [4.69, 9.17) is 11.5 Å². The van der Waals surface area contributed by atoms with Gasteiger partial charge >= 0.3 is 0 Å². The van der Waals surface area contributed by atoms with Gasteiger partial charge in [-0.25, -0.2) is 0 Å². The summed E-state index contributed by atoms with van der Waals surface area (Å²) in [6.07, 6.45) is 6.04. The van der Waals surface area contributed by atoms with Gasteiger partial charge in [0.25, 0.3) is 0 Å². The maximum absolute atomic E-state index is 5.87. The van der Waals surface area contributed by atoms with E-state index in [1.165, 1.54) is 52.6 Å². The van der Waals surface area contributed by atoms with Crippen LogP contribution in [0.3, 0.4) is 0 Å². The van der Waals surface area contributed by atoms with E-state index in [2.05, 4.69) is 93.6 Å². The second-order valence-corrected chi connectivity index (χ2v) is 10.7. The molecule has 0 saturated heterocycles. The Balaban J connectivity index is 1.41. The summed E-state index contributed by atoms with van der Waals surface area (Å²) in [5.74, 6) is 1.38. The lowest BCUT2D eigenvalue weighted by molar-refractivity contribution is 0.460. The largest absolute Gasteiger partial charge is 0.399 e. The Labute approximate surface area is 223 Å². The first-order chi connectivity index (χ1) is 17.9. The van der Waals surface area contributed by atoms with Crippen molar-refractivity contribution in [2.45, 2.75) is 64.7 Å². The maximum Gasteiger partial charge on any atom is 0.0314 e. The molecule has 192 valence electrons. The molecule has 0 aliphatic rings. The number of rotatable bonds is 11. The Bertz CT molecular complexity index is 1130. The Morgan fingerprint density at radius 1 is 0.514 bits per heavy atom. The first kappa shape index (κ1) is 26.5. The van der Waals surface area contributed by atoms with Gasteiger partial charge in [0.05, 0.1) is 0 Å². The fourth-order valence-corrected chi connectivity index (χ4v) is 5.27. The van der Waals surface area contributed by atoms with Crippen molar-refractivity contribution >= 4 is 11.4 Å². The van der Waals surface area contributed by atoms with Gasteiger partial charge in [-0.05, 0) is 82.8 Å². The topological polar surface area (TPSA) is 52.0 Å². The van der Waals surface area contributed by atoms with Crippen LogP contribution in [0.5, 0.6) is 0 Å². The van der Waals surface area contributed by atoms with Crippen LogP contribution in [0.2, 0.25) is 0 Å². The van der Waals surface area contributed by atoms with Gasteiger partial charge in [-0.2, -0.15) is 0 Å². The zero-order valence-electron chi connectivity index (χ0n) is 22.7. The Morgan fingerprint density at radius 3 is 1.16 bits per heavy atom. The lowest BCUT2D eigenvalue weighted by Gasteiger charge is -2.19. The van der Waals surface area contributed by atoms with Gasteiger partial charge in [0.1, 0.15) is 0 Å². The molecule has 0 aliphatic carbocycles. The lowest BCUT2D eigenvalue weighted by atomic mass is 9.86. The van der Waals surface area contributed by atoms with Gasteiger partial charge in [-0.1, -0.05) is 106 Å². The molecule has 0 radical (unpaired) electrons. The van der Waals surface area contributed by atoms with E-state index in [0.29, 0.717) is 17.8 Å². The minimum atomic E-state index is 0.361. The smallest absolute Gasteiger partial charge is 0.0314 e. The molecule has 0 saturated carbocycles. The van der Waals surface area contributed by atoms with Crippen LogP contribution in [-0.2, 0) is 12.8 Å². The summed E-state index contributed by atoms with van der Waals surface area (Å²) < 4.78 is 0. The monoisotopic (exact) mass is 490 g/mol. The van der Waals surface area contributed by atoms with Crippen LogP contribution in [0.25, 0.3) is 0 Å². The molecule has 0 spiro atoms. The van der Waals surface area contributed by atoms with Gasteiger partial charge in [0.15, 0.2) is 0 Å². The highest BCUT2D eigenvalue weighted by molar-refractivity contribution is 5.44. The third-order valence-corrected chi connectivity index (χ3v) is 7.85. The normalized spacial score (nSPS) is 13.7. The predicted molar refractivity (Wildman–Crippen MR) is 160 cm³/mol. The van der Waals surface area contributed by atoms with E-state index >= 15 is 0 Å². The molecule has 4 aromatic carbocycles. The molecule has 0 bridgehead atoms. The summed E-state index contributed by atoms with van der Waals surface area (Å²) >= 11 is 0. The van der Waals surface area contributed by atoms with Crippen molar-refractivity contribution in [2.75, 3.05) is 11.5 Å². The predicted octanol–water partition coefficient (Wildman–Crippen LogP) is 8.75. The number of benzene rings is 4. The van der Waals surface area contributed by atoms with Crippen molar-refractivity contribution < 1.29 is 0 Å². The standard InChI is InChI=1S/C35H42N2/c1-4-5-6-29(23-27-7-11-30(12-8-27)25(2)32-15-19-34(36)20-16-32)24-28-9-13-31(14-10-28)26(3)33-17-21-35(37)22-18-33/h7-22,25-26,29H,4-6,23-24,36-37H2,1-3H3. The molecule has 4 rings (SSSR count). The van der Waals surface area contributed by atoms with Gasteiger partial charge in [-0.15, -0.1) is 0 Å². The number of nitrogens with two attached hydrogens (primary N) is 2. The van der Waals surface area contributed by atoms with Crippen molar-refractivity contribution in [1.82, 2.24) is 0 Å². The molecule has 2 unspecified atom stereocenters. The van der Waals surface area contributed by atoms with Crippen molar-refractivity contribution in [3.8, 4) is 0 Å². The van der Waals surface area contributed by atoms with Crippen molar-refractivity contribution in [3.05, 3.63) is 130 Å². The SMILES string of the molecule is CCCCC(Cc1ccc(C(C)c2ccc(N)cc2)cc1)Cc1ccc(C(C)c2ccc(N)cc2)cc1. The molecule has 2 atom stereocenters. The van der Waals surface area contributed by atoms with Crippen molar-refractivity contribution in [3.63, 3.8) is 0 Å². The highest BCUT2D eigenvalue weighted by Gasteiger charge is 2.14. The van der Waals surface area contributed by atoms with Crippen LogP contribution >= 0.6 is 0 Å². The average Bonchev–Trinajstić information content (AvgIpc) is 2.92. The molecule has 2 heteroatoms. The van der Waals surface area contributed by atoms with E-state index in [9.17, 15) is 0 Å². The van der Waals surface area contributed by atoms with E-state index in [1.807, 2.05) is 24.3 Å². The highest BCUT2D eigenvalue weighted by atomic mass is 14.5. The first-order valence-corrected chi connectivity index (χ1v) is 13.8. The summed E-state index contributed by atoms with van der Waals surface area (Å²) in [7, 11) is 0. The molecule has 0 fully saturated rings. The summed E-state index contributed by atoms with van der Waals surface area (Å²) in [5, 5.41) is 0. The van der Waals surface area contributed by atoms with Crippen LogP contribution in [0.15, 0.2) is 97.1 Å². The minimum absolute atomic E-state index is 0.361. The fourth-order valence-electron chi connectivity index (χ4n) is 5.27. The third-order valence-electron chi connectivity index (χ3n) is 7.85. The van der Waals surface area contributed by atoms with Gasteiger partial charge in [-0.3, -0.25) is 0 Å². The molecule has 2 nitrogen and oxygen atoms in total. The molecular weight excluding hydrogens is 448 g/mol. The quantitative estimate of drug-likeness (QED) is 0.206. The second-order valence-electron chi connectivity index (χ2n) is 10.7. The number of anilines is 2. The zero-order valence-corrected chi connectivity index (χ0v) is 22.7. The number of hydrogen-bond donors (Lipinski definition) is 2. The molecular formula is C35H42N2. The summed E-state index contributed by atoms with van der Waals surface area (Å²) in [5.41, 5.74) is 21.5. The average molecular weight is 491 g/mol. The molecule has 4 N–H and O–H groups in total. The molecule has 0 aromatic heterocycles. The molecule has 0 amide bonds. The molecule has 4 aromatic rings. The number of unbranched alkanes of at least 4 members (excludes halogenated alkanes) is 1. The third kappa shape index (κ3) is 7.26. The highest BCUT2D eigenvalue weighted by Crippen LogP contribution is 2.28. The molecule has 0 aliphatic heterocycles. The van der Waals surface area contributed by atoms with Crippen LogP contribution < -0.4 is 11.5 Å². The summed E-state index contributed by atoms with van der Waals surface area (Å²) in [4.78, 5) is 0. The lowest BCUT2D eigenvalue weighted by Crippen LogP contribution is -2.09. The zero-order chi connectivity index (χ0) is 26.2. The van der Waals surface area contributed by atoms with Crippen molar-refractivity contribution in [1.29, 1.82) is 0 Å². The minimum Gasteiger partial charge on any atom is -0.399 e. The van der Waals surface area contributed by atoms with Crippen LogP contribution in [-0.4, -0.2) is 0 Å². The van der Waals surface area contributed by atoms with Gasteiger partial charge in [0.2, 0.25) is 0 Å².